The van der Waals surface area contributed by atoms with Gasteiger partial charge in [0.05, 0.1) is 19.8 Å². The van der Waals surface area contributed by atoms with E-state index < -0.39 is 12.2 Å². The Hall–Kier alpha value is -2.53. The number of para-hydroxylation sites is 1. The number of carbonyl (C=O) groups excluding carboxylic acids is 1. The molecule has 0 aliphatic carbocycles. The molecule has 0 aromatic heterocycles. The first-order valence-corrected chi connectivity index (χ1v) is 6.85. The van der Waals surface area contributed by atoms with Crippen LogP contribution in [-0.2, 0) is 0 Å². The van der Waals surface area contributed by atoms with Crippen molar-refractivity contribution >= 4 is 5.78 Å². The second-order valence-corrected chi connectivity index (χ2v) is 4.95. The number of methoxy groups -OCH3 is 2. The molecule has 0 saturated heterocycles. The summed E-state index contributed by atoms with van der Waals surface area (Å²) >= 11 is 0. The zero-order chi connectivity index (χ0) is 15.7. The van der Waals surface area contributed by atoms with Gasteiger partial charge in [-0.1, -0.05) is 12.1 Å². The van der Waals surface area contributed by atoms with Gasteiger partial charge in [0.15, 0.2) is 18.0 Å². The zero-order valence-electron chi connectivity index (χ0n) is 12.3. The van der Waals surface area contributed by atoms with Crippen LogP contribution in [0.2, 0.25) is 0 Å². The van der Waals surface area contributed by atoms with Crippen LogP contribution in [0.3, 0.4) is 0 Å². The monoisotopic (exact) mass is 300 g/mol. The molecule has 5 heteroatoms. The highest BCUT2D eigenvalue weighted by molar-refractivity contribution is 6.03. The molecule has 2 atom stereocenters. The molecule has 0 fully saturated rings. The van der Waals surface area contributed by atoms with Gasteiger partial charge in [0.2, 0.25) is 0 Å². The van der Waals surface area contributed by atoms with Crippen LogP contribution in [0.1, 0.15) is 22.0 Å². The normalized spacial score (nSPS) is 20.0. The number of fused-ring (bicyclic) bond motifs is 1. The molecule has 114 valence electrons. The molecule has 0 saturated carbocycles. The average molecular weight is 300 g/mol. The maximum atomic E-state index is 12.3. The maximum Gasteiger partial charge on any atom is 0.199 e. The van der Waals surface area contributed by atoms with Crippen molar-refractivity contribution in [1.29, 1.82) is 0 Å². The molecule has 22 heavy (non-hydrogen) atoms. The van der Waals surface area contributed by atoms with E-state index in [-0.39, 0.29) is 5.78 Å². The summed E-state index contributed by atoms with van der Waals surface area (Å²) in [6, 6.07) is 12.0. The number of ether oxygens (including phenoxy) is 3. The molecule has 1 N–H and O–H groups in total. The Morgan fingerprint density at radius 3 is 2.59 bits per heavy atom. The minimum absolute atomic E-state index is 0.357. The van der Waals surface area contributed by atoms with Crippen molar-refractivity contribution in [3.63, 3.8) is 0 Å². The van der Waals surface area contributed by atoms with E-state index >= 15 is 0 Å². The van der Waals surface area contributed by atoms with Crippen molar-refractivity contribution in [2.24, 2.45) is 0 Å². The van der Waals surface area contributed by atoms with Gasteiger partial charge < -0.3 is 19.3 Å². The number of rotatable bonds is 3. The molecule has 1 heterocycles. The summed E-state index contributed by atoms with van der Waals surface area (Å²) in [5, 5.41) is 10.3. The molecule has 2 aromatic carbocycles. The van der Waals surface area contributed by atoms with E-state index in [0.29, 0.717) is 28.4 Å². The lowest BCUT2D eigenvalue weighted by Crippen LogP contribution is -2.36. The lowest BCUT2D eigenvalue weighted by atomic mass is 9.93. The standard InChI is InChI=1S/C17H16O5/c1-20-10-7-8-12(14(9-10)21-2)17-16(19)15(18)11-5-3-4-6-13(11)22-17/h3-9,16-17,19H,1-2H3. The highest BCUT2D eigenvalue weighted by Gasteiger charge is 2.38. The Bertz CT molecular complexity index is 710. The van der Waals surface area contributed by atoms with Crippen molar-refractivity contribution in [2.45, 2.75) is 12.2 Å². The fourth-order valence-corrected chi connectivity index (χ4v) is 2.56. The highest BCUT2D eigenvalue weighted by atomic mass is 16.5. The Labute approximate surface area is 128 Å². The summed E-state index contributed by atoms with van der Waals surface area (Å²) in [5.74, 6) is 1.22. The summed E-state index contributed by atoms with van der Waals surface area (Å²) in [5.41, 5.74) is 0.984. The summed E-state index contributed by atoms with van der Waals surface area (Å²) < 4.78 is 16.3. The molecular formula is C17H16O5. The SMILES string of the molecule is COc1ccc(C2Oc3ccccc3C(=O)C2O)c(OC)c1. The molecule has 0 spiro atoms. The van der Waals surface area contributed by atoms with Crippen molar-refractivity contribution in [3.8, 4) is 17.2 Å². The number of ketones is 1. The topological polar surface area (TPSA) is 65.0 Å². The van der Waals surface area contributed by atoms with Gasteiger partial charge in [0.25, 0.3) is 0 Å². The number of aliphatic hydroxyl groups excluding tert-OH is 1. The molecule has 3 rings (SSSR count). The van der Waals surface area contributed by atoms with E-state index in [9.17, 15) is 9.90 Å². The van der Waals surface area contributed by atoms with Gasteiger partial charge in [-0.3, -0.25) is 4.79 Å². The summed E-state index contributed by atoms with van der Waals surface area (Å²) in [6.45, 7) is 0. The van der Waals surface area contributed by atoms with Crippen LogP contribution in [0.15, 0.2) is 42.5 Å². The molecule has 0 radical (unpaired) electrons. The first-order valence-electron chi connectivity index (χ1n) is 6.85. The number of hydrogen-bond donors (Lipinski definition) is 1. The van der Waals surface area contributed by atoms with E-state index in [1.54, 1.807) is 49.6 Å². The van der Waals surface area contributed by atoms with Crippen LogP contribution in [0.4, 0.5) is 0 Å². The fourth-order valence-electron chi connectivity index (χ4n) is 2.56. The molecule has 2 aromatic rings. The third-order valence-electron chi connectivity index (χ3n) is 3.71. The smallest absolute Gasteiger partial charge is 0.199 e. The summed E-state index contributed by atoms with van der Waals surface area (Å²) in [6.07, 6.45) is -2.10. The highest BCUT2D eigenvalue weighted by Crippen LogP contribution is 2.39. The lowest BCUT2D eigenvalue weighted by molar-refractivity contribution is 0.0208. The second kappa shape index (κ2) is 5.69. The number of aliphatic hydroxyl groups is 1. The molecule has 1 aliphatic heterocycles. The van der Waals surface area contributed by atoms with Gasteiger partial charge in [0.1, 0.15) is 17.2 Å². The molecule has 1 aliphatic rings. The van der Waals surface area contributed by atoms with Gasteiger partial charge in [-0.25, -0.2) is 0 Å². The van der Waals surface area contributed by atoms with Gasteiger partial charge >= 0.3 is 0 Å². The third kappa shape index (κ3) is 2.29. The van der Waals surface area contributed by atoms with E-state index in [1.165, 1.54) is 7.11 Å². The molecule has 5 nitrogen and oxygen atoms in total. The van der Waals surface area contributed by atoms with Crippen LogP contribution in [0.5, 0.6) is 17.2 Å². The Kier molecular flexibility index (Phi) is 3.73. The molecule has 0 amide bonds. The maximum absolute atomic E-state index is 12.3. The van der Waals surface area contributed by atoms with E-state index in [0.717, 1.165) is 0 Å². The van der Waals surface area contributed by atoms with Crippen molar-refractivity contribution in [1.82, 2.24) is 0 Å². The fraction of sp³-hybridized carbons (Fsp3) is 0.235. The minimum Gasteiger partial charge on any atom is -0.497 e. The predicted octanol–water partition coefficient (Wildman–Crippen LogP) is 2.38. The van der Waals surface area contributed by atoms with E-state index in [2.05, 4.69) is 0 Å². The van der Waals surface area contributed by atoms with Crippen LogP contribution >= 0.6 is 0 Å². The number of hydrogen-bond acceptors (Lipinski definition) is 5. The number of benzene rings is 2. The molecule has 2 unspecified atom stereocenters. The number of Topliss-reactive ketones (excluding diaryl/α,β-unsaturated/α-hetero) is 1. The third-order valence-corrected chi connectivity index (χ3v) is 3.71. The van der Waals surface area contributed by atoms with Crippen LogP contribution in [-0.4, -0.2) is 31.2 Å². The second-order valence-electron chi connectivity index (χ2n) is 4.95. The Balaban J connectivity index is 2.04. The van der Waals surface area contributed by atoms with E-state index in [1.807, 2.05) is 0 Å². The summed E-state index contributed by atoms with van der Waals surface area (Å²) in [7, 11) is 3.07. The zero-order valence-corrected chi connectivity index (χ0v) is 12.3. The van der Waals surface area contributed by atoms with Crippen LogP contribution < -0.4 is 14.2 Å². The molecular weight excluding hydrogens is 284 g/mol. The van der Waals surface area contributed by atoms with Gasteiger partial charge in [-0.05, 0) is 24.3 Å². The Morgan fingerprint density at radius 1 is 1.09 bits per heavy atom. The van der Waals surface area contributed by atoms with Gasteiger partial charge in [0, 0.05) is 11.6 Å². The quantitative estimate of drug-likeness (QED) is 0.943. The minimum atomic E-state index is -1.28. The van der Waals surface area contributed by atoms with Crippen LogP contribution in [0.25, 0.3) is 0 Å². The average Bonchev–Trinajstić information content (AvgIpc) is 2.57. The molecule has 0 bridgehead atoms. The summed E-state index contributed by atoms with van der Waals surface area (Å²) in [4.78, 5) is 12.3. The first kappa shape index (κ1) is 14.4. The predicted molar refractivity (Wildman–Crippen MR) is 79.7 cm³/mol. The van der Waals surface area contributed by atoms with Crippen LogP contribution in [0, 0.1) is 0 Å². The van der Waals surface area contributed by atoms with E-state index in [4.69, 9.17) is 14.2 Å². The lowest BCUT2D eigenvalue weighted by Gasteiger charge is -2.30. The first-order chi connectivity index (χ1) is 10.7. The Morgan fingerprint density at radius 2 is 1.86 bits per heavy atom. The largest absolute Gasteiger partial charge is 0.497 e. The van der Waals surface area contributed by atoms with Crippen molar-refractivity contribution in [3.05, 3.63) is 53.6 Å². The van der Waals surface area contributed by atoms with Gasteiger partial charge in [-0.2, -0.15) is 0 Å². The van der Waals surface area contributed by atoms with Gasteiger partial charge in [-0.15, -0.1) is 0 Å². The van der Waals surface area contributed by atoms with Crippen molar-refractivity contribution in [2.75, 3.05) is 14.2 Å². The van der Waals surface area contributed by atoms with Crippen molar-refractivity contribution < 1.29 is 24.1 Å². The number of carbonyl (C=O) groups is 1.